The zero-order valence-electron chi connectivity index (χ0n) is 15.0. The van der Waals surface area contributed by atoms with E-state index in [-0.39, 0.29) is 5.56 Å². The number of ether oxygens (including phenoxy) is 2. The van der Waals surface area contributed by atoms with E-state index in [2.05, 4.69) is 4.98 Å². The molecule has 0 fully saturated rings. The number of benzene rings is 2. The van der Waals surface area contributed by atoms with Gasteiger partial charge in [-0.15, -0.1) is 0 Å². The van der Waals surface area contributed by atoms with Crippen molar-refractivity contribution in [3.05, 3.63) is 60.2 Å². The Bertz CT molecular complexity index is 1050. The van der Waals surface area contributed by atoms with Crippen LogP contribution in [0.3, 0.4) is 0 Å². The summed E-state index contributed by atoms with van der Waals surface area (Å²) in [4.78, 5) is 39.3. The number of carbonyl (C=O) groups is 3. The number of nitrogens with zero attached hydrogens (tertiary/aromatic N) is 1. The van der Waals surface area contributed by atoms with Crippen molar-refractivity contribution in [3.63, 3.8) is 0 Å². The number of nitrogens with two attached hydrogens (primary N) is 1. The predicted molar refractivity (Wildman–Crippen MR) is 102 cm³/mol. The number of primary amides is 1. The summed E-state index contributed by atoms with van der Waals surface area (Å²) in [5, 5.41) is 2.42. The largest absolute Gasteiger partial charge is 0.497 e. The number of methoxy groups -OCH3 is 1. The summed E-state index contributed by atoms with van der Waals surface area (Å²) in [5.41, 5.74) is 7.06. The van der Waals surface area contributed by atoms with Crippen LogP contribution < -0.4 is 15.8 Å². The van der Waals surface area contributed by atoms with Gasteiger partial charge in [0.1, 0.15) is 5.75 Å². The minimum absolute atomic E-state index is 0.253. The van der Waals surface area contributed by atoms with Gasteiger partial charge in [0.2, 0.25) is 0 Å². The maximum atomic E-state index is 12.6. The van der Waals surface area contributed by atoms with Crippen molar-refractivity contribution in [2.45, 2.75) is 0 Å². The molecule has 3 N–H and O–H groups in total. The number of rotatable bonds is 5. The number of hydrogen-bond acceptors (Lipinski definition) is 6. The summed E-state index contributed by atoms with van der Waals surface area (Å²) >= 11 is 0. The van der Waals surface area contributed by atoms with Crippen LogP contribution in [-0.2, 0) is 9.53 Å². The number of amides is 3. The number of esters is 1. The van der Waals surface area contributed by atoms with Crippen molar-refractivity contribution < 1.29 is 23.9 Å². The molecule has 0 radical (unpaired) electrons. The minimum atomic E-state index is -1.02. The second-order valence-electron chi connectivity index (χ2n) is 5.79. The van der Waals surface area contributed by atoms with E-state index >= 15 is 0 Å². The third kappa shape index (κ3) is 4.24. The highest BCUT2D eigenvalue weighted by Crippen LogP contribution is 2.26. The summed E-state index contributed by atoms with van der Waals surface area (Å²) in [5.74, 6) is -0.827. The van der Waals surface area contributed by atoms with Gasteiger partial charge in [-0.05, 0) is 36.4 Å². The van der Waals surface area contributed by atoms with E-state index in [9.17, 15) is 14.4 Å². The van der Waals surface area contributed by atoms with Gasteiger partial charge in [-0.3, -0.25) is 10.1 Å². The average Bonchev–Trinajstić information content (AvgIpc) is 2.70. The number of urea groups is 1. The first-order valence-corrected chi connectivity index (χ1v) is 8.28. The second-order valence-corrected chi connectivity index (χ2v) is 5.79. The van der Waals surface area contributed by atoms with Gasteiger partial charge < -0.3 is 15.2 Å². The summed E-state index contributed by atoms with van der Waals surface area (Å²) in [7, 11) is 1.58. The standard InChI is InChI=1S/C20H17N3O5/c1-27-13-8-6-12(7-9-13)17-10-15(14-4-2-3-5-16(14)22-17)19(25)28-11-18(24)23-20(21)26/h2-10H,11H2,1H3,(H3,21,23,24,26). The van der Waals surface area contributed by atoms with Crippen LogP contribution in [0.25, 0.3) is 22.2 Å². The molecule has 8 nitrogen and oxygen atoms in total. The molecule has 0 aliphatic carbocycles. The fraction of sp³-hybridized carbons (Fsp3) is 0.100. The fourth-order valence-electron chi connectivity index (χ4n) is 2.64. The number of para-hydroxylation sites is 1. The lowest BCUT2D eigenvalue weighted by Gasteiger charge is -2.10. The third-order valence-electron chi connectivity index (χ3n) is 3.92. The van der Waals surface area contributed by atoms with E-state index in [1.165, 1.54) is 0 Å². The molecule has 0 spiro atoms. The van der Waals surface area contributed by atoms with E-state index < -0.39 is 24.5 Å². The van der Waals surface area contributed by atoms with Crippen LogP contribution in [0.2, 0.25) is 0 Å². The van der Waals surface area contributed by atoms with E-state index in [1.54, 1.807) is 43.5 Å². The van der Waals surface area contributed by atoms with Crippen LogP contribution in [0.5, 0.6) is 5.75 Å². The fourth-order valence-corrected chi connectivity index (χ4v) is 2.64. The Morgan fingerprint density at radius 2 is 1.79 bits per heavy atom. The number of aromatic nitrogens is 1. The van der Waals surface area contributed by atoms with Gasteiger partial charge in [-0.1, -0.05) is 18.2 Å². The van der Waals surface area contributed by atoms with Crippen LogP contribution in [0, 0.1) is 0 Å². The molecule has 3 rings (SSSR count). The molecule has 0 aliphatic rings. The van der Waals surface area contributed by atoms with Gasteiger partial charge in [0, 0.05) is 10.9 Å². The SMILES string of the molecule is COc1ccc(-c2cc(C(=O)OCC(=O)NC(N)=O)c3ccccc3n2)cc1. The van der Waals surface area contributed by atoms with Crippen LogP contribution in [0.1, 0.15) is 10.4 Å². The summed E-state index contributed by atoms with van der Waals surface area (Å²) < 4.78 is 10.2. The van der Waals surface area contributed by atoms with Crippen LogP contribution in [-0.4, -0.2) is 36.6 Å². The lowest BCUT2D eigenvalue weighted by Crippen LogP contribution is -2.37. The Labute approximate surface area is 160 Å². The van der Waals surface area contributed by atoms with Crippen LogP contribution in [0.4, 0.5) is 4.79 Å². The van der Waals surface area contributed by atoms with Gasteiger partial charge in [0.25, 0.3) is 5.91 Å². The Morgan fingerprint density at radius 1 is 1.07 bits per heavy atom. The highest BCUT2D eigenvalue weighted by Gasteiger charge is 2.17. The maximum absolute atomic E-state index is 12.6. The lowest BCUT2D eigenvalue weighted by molar-refractivity contribution is -0.123. The Hall–Kier alpha value is -3.94. The summed E-state index contributed by atoms with van der Waals surface area (Å²) in [6.45, 7) is -0.629. The highest BCUT2D eigenvalue weighted by atomic mass is 16.5. The van der Waals surface area contributed by atoms with Crippen LogP contribution >= 0.6 is 0 Å². The molecule has 0 atom stereocenters. The first-order chi connectivity index (χ1) is 13.5. The van der Waals surface area contributed by atoms with Crippen molar-refractivity contribution in [2.24, 2.45) is 5.73 Å². The topological polar surface area (TPSA) is 121 Å². The van der Waals surface area contributed by atoms with Crippen molar-refractivity contribution in [1.29, 1.82) is 0 Å². The molecule has 1 heterocycles. The average molecular weight is 379 g/mol. The molecule has 8 heteroatoms. The summed E-state index contributed by atoms with van der Waals surface area (Å²) in [6, 6.07) is 14.9. The highest BCUT2D eigenvalue weighted by molar-refractivity contribution is 6.05. The normalized spacial score (nSPS) is 10.3. The van der Waals surface area contributed by atoms with Crippen molar-refractivity contribution in [3.8, 4) is 17.0 Å². The number of imide groups is 1. The molecule has 0 unspecified atom stereocenters. The first kappa shape index (κ1) is 18.8. The molecule has 3 amide bonds. The van der Waals surface area contributed by atoms with Crippen molar-refractivity contribution in [2.75, 3.05) is 13.7 Å². The molecule has 142 valence electrons. The van der Waals surface area contributed by atoms with Gasteiger partial charge in [0.05, 0.1) is 23.9 Å². The zero-order valence-corrected chi connectivity index (χ0v) is 15.0. The number of nitrogens with one attached hydrogen (secondary N) is 1. The quantitative estimate of drug-likeness (QED) is 0.656. The zero-order chi connectivity index (χ0) is 20.1. The number of carbonyl (C=O) groups excluding carboxylic acids is 3. The molecule has 2 aromatic carbocycles. The molecule has 0 saturated heterocycles. The van der Waals surface area contributed by atoms with Crippen LogP contribution in [0.15, 0.2) is 54.6 Å². The van der Waals surface area contributed by atoms with E-state index in [0.29, 0.717) is 22.3 Å². The molecule has 3 aromatic rings. The van der Waals surface area contributed by atoms with Gasteiger partial charge in [0.15, 0.2) is 6.61 Å². The maximum Gasteiger partial charge on any atom is 0.339 e. The molecule has 0 aliphatic heterocycles. The molecular formula is C20H17N3O5. The molecule has 0 saturated carbocycles. The smallest absolute Gasteiger partial charge is 0.339 e. The Morgan fingerprint density at radius 3 is 2.46 bits per heavy atom. The Balaban J connectivity index is 1.94. The van der Waals surface area contributed by atoms with Crippen molar-refractivity contribution >= 4 is 28.8 Å². The molecule has 28 heavy (non-hydrogen) atoms. The third-order valence-corrected chi connectivity index (χ3v) is 3.92. The molecular weight excluding hydrogens is 362 g/mol. The molecule has 1 aromatic heterocycles. The number of pyridine rings is 1. The van der Waals surface area contributed by atoms with Gasteiger partial charge in [-0.25, -0.2) is 14.6 Å². The lowest BCUT2D eigenvalue weighted by atomic mass is 10.0. The molecule has 0 bridgehead atoms. The number of fused-ring (bicyclic) bond motifs is 1. The Kier molecular flexibility index (Phi) is 5.50. The van der Waals surface area contributed by atoms with Crippen molar-refractivity contribution in [1.82, 2.24) is 10.3 Å². The van der Waals surface area contributed by atoms with E-state index in [0.717, 1.165) is 5.56 Å². The van der Waals surface area contributed by atoms with Gasteiger partial charge >= 0.3 is 12.0 Å². The minimum Gasteiger partial charge on any atom is -0.497 e. The first-order valence-electron chi connectivity index (χ1n) is 8.28. The van der Waals surface area contributed by atoms with E-state index in [4.69, 9.17) is 15.2 Å². The number of hydrogen-bond donors (Lipinski definition) is 2. The summed E-state index contributed by atoms with van der Waals surface area (Å²) in [6.07, 6.45) is 0. The monoisotopic (exact) mass is 379 g/mol. The van der Waals surface area contributed by atoms with Gasteiger partial charge in [-0.2, -0.15) is 0 Å². The van der Waals surface area contributed by atoms with E-state index in [1.807, 2.05) is 23.5 Å². The second kappa shape index (κ2) is 8.17. The predicted octanol–water partition coefficient (Wildman–Crippen LogP) is 2.26.